The van der Waals surface area contributed by atoms with Gasteiger partial charge in [-0.05, 0) is 120 Å². The van der Waals surface area contributed by atoms with E-state index in [0.717, 1.165) is 68.8 Å². The van der Waals surface area contributed by atoms with E-state index in [9.17, 15) is 0 Å². The summed E-state index contributed by atoms with van der Waals surface area (Å²) < 4.78 is 6.70. The first-order valence-electron chi connectivity index (χ1n) is 17.8. The second-order valence-electron chi connectivity index (χ2n) is 15.1. The van der Waals surface area contributed by atoms with Gasteiger partial charge in [0.25, 0.3) is 0 Å². The lowest BCUT2D eigenvalue weighted by molar-refractivity contribution is 0.0349. The SMILES string of the molecule is C=CCC(Oc1ccc(CC)cc1)C1CCC1CN1CC(c2ccc(Cl)cc2CCC)CCc2ccc(C(=C)CC(C)(C)C)cc21. The highest BCUT2D eigenvalue weighted by Crippen LogP contribution is 2.44. The molecule has 3 aromatic rings. The molecular formula is C43H56ClNO. The lowest BCUT2D eigenvalue weighted by atomic mass is 9.69. The van der Waals surface area contributed by atoms with E-state index < -0.39 is 0 Å². The summed E-state index contributed by atoms with van der Waals surface area (Å²) in [5.41, 5.74) is 9.83. The summed E-state index contributed by atoms with van der Waals surface area (Å²) in [6.07, 6.45) is 12.0. The number of halogens is 1. The van der Waals surface area contributed by atoms with Gasteiger partial charge in [0, 0.05) is 42.1 Å². The van der Waals surface area contributed by atoms with Gasteiger partial charge in [0.15, 0.2) is 0 Å². The van der Waals surface area contributed by atoms with Gasteiger partial charge < -0.3 is 9.64 Å². The minimum Gasteiger partial charge on any atom is -0.490 e. The molecule has 1 fully saturated rings. The predicted molar refractivity (Wildman–Crippen MR) is 200 cm³/mol. The summed E-state index contributed by atoms with van der Waals surface area (Å²) in [5.74, 6) is 2.53. The van der Waals surface area contributed by atoms with Crippen LogP contribution in [0.4, 0.5) is 5.69 Å². The van der Waals surface area contributed by atoms with Gasteiger partial charge in [-0.25, -0.2) is 0 Å². The molecule has 2 nitrogen and oxygen atoms in total. The summed E-state index contributed by atoms with van der Waals surface area (Å²) in [7, 11) is 0. The molecule has 3 aromatic carbocycles. The molecule has 4 unspecified atom stereocenters. The van der Waals surface area contributed by atoms with Crippen molar-refractivity contribution >= 4 is 22.9 Å². The van der Waals surface area contributed by atoms with Crippen LogP contribution in [0.15, 0.2) is 79.9 Å². The Hall–Kier alpha value is -2.97. The quantitative estimate of drug-likeness (QED) is 0.173. The van der Waals surface area contributed by atoms with Gasteiger partial charge in [0.05, 0.1) is 0 Å². The third-order valence-electron chi connectivity index (χ3n) is 10.3. The Bertz CT molecular complexity index is 1480. The Morgan fingerprint density at radius 2 is 1.80 bits per heavy atom. The van der Waals surface area contributed by atoms with E-state index in [4.69, 9.17) is 16.3 Å². The third-order valence-corrected chi connectivity index (χ3v) is 10.5. The number of fused-ring (bicyclic) bond motifs is 1. The van der Waals surface area contributed by atoms with E-state index >= 15 is 0 Å². The maximum absolute atomic E-state index is 6.70. The number of benzene rings is 3. The first-order valence-corrected chi connectivity index (χ1v) is 18.2. The molecule has 0 bridgehead atoms. The van der Waals surface area contributed by atoms with Crippen LogP contribution in [0.2, 0.25) is 5.02 Å². The van der Waals surface area contributed by atoms with E-state index in [1.807, 2.05) is 6.08 Å². The van der Waals surface area contributed by atoms with Crippen LogP contribution in [0, 0.1) is 17.3 Å². The van der Waals surface area contributed by atoms with E-state index in [-0.39, 0.29) is 11.5 Å². The first kappa shape index (κ1) is 34.4. The minimum absolute atomic E-state index is 0.149. The molecule has 0 amide bonds. The lowest BCUT2D eigenvalue weighted by Crippen LogP contribution is -2.46. The fourth-order valence-electron chi connectivity index (χ4n) is 7.75. The van der Waals surface area contributed by atoms with Crippen LogP contribution < -0.4 is 9.64 Å². The van der Waals surface area contributed by atoms with Crippen molar-refractivity contribution in [3.63, 3.8) is 0 Å². The van der Waals surface area contributed by atoms with E-state index in [0.29, 0.717) is 17.8 Å². The van der Waals surface area contributed by atoms with Crippen LogP contribution in [-0.2, 0) is 19.3 Å². The zero-order chi connectivity index (χ0) is 32.8. The zero-order valence-electron chi connectivity index (χ0n) is 29.1. The number of hydrogen-bond acceptors (Lipinski definition) is 2. The number of rotatable bonds is 13. The number of hydrogen-bond donors (Lipinski definition) is 0. The van der Waals surface area contributed by atoms with Gasteiger partial charge in [0.2, 0.25) is 0 Å². The summed E-state index contributed by atoms with van der Waals surface area (Å²) in [6, 6.07) is 22.5. The van der Waals surface area contributed by atoms with Gasteiger partial charge in [-0.1, -0.05) is 95.6 Å². The van der Waals surface area contributed by atoms with Gasteiger partial charge in [0.1, 0.15) is 11.9 Å². The predicted octanol–water partition coefficient (Wildman–Crippen LogP) is 11.9. The molecule has 1 heterocycles. The molecule has 0 aromatic heterocycles. The van der Waals surface area contributed by atoms with Gasteiger partial charge >= 0.3 is 0 Å². The van der Waals surface area contributed by atoms with Crippen molar-refractivity contribution in [1.82, 2.24) is 0 Å². The maximum atomic E-state index is 6.70. The van der Waals surface area contributed by atoms with Crippen LogP contribution in [0.1, 0.15) is 107 Å². The molecule has 4 atom stereocenters. The number of aryl methyl sites for hydroxylation is 3. The topological polar surface area (TPSA) is 12.5 Å². The van der Waals surface area contributed by atoms with E-state index in [1.54, 1.807) is 0 Å². The Labute approximate surface area is 284 Å². The molecular weight excluding hydrogens is 582 g/mol. The van der Waals surface area contributed by atoms with Crippen LogP contribution in [0.5, 0.6) is 5.75 Å². The molecule has 1 aliphatic heterocycles. The summed E-state index contributed by atoms with van der Waals surface area (Å²) in [5, 5.41) is 0.845. The highest BCUT2D eigenvalue weighted by molar-refractivity contribution is 6.30. The Morgan fingerprint density at radius 1 is 1.02 bits per heavy atom. The fraction of sp³-hybridized carbons (Fsp3) is 0.488. The second-order valence-corrected chi connectivity index (χ2v) is 15.5. The van der Waals surface area contributed by atoms with Crippen molar-refractivity contribution in [2.24, 2.45) is 17.3 Å². The smallest absolute Gasteiger partial charge is 0.119 e. The Balaban J connectivity index is 1.44. The van der Waals surface area contributed by atoms with Gasteiger partial charge in [-0.15, -0.1) is 6.58 Å². The average Bonchev–Trinajstić information content (AvgIpc) is 3.18. The highest BCUT2D eigenvalue weighted by Gasteiger charge is 2.40. The molecule has 46 heavy (non-hydrogen) atoms. The minimum atomic E-state index is 0.149. The van der Waals surface area contributed by atoms with Crippen molar-refractivity contribution < 1.29 is 4.74 Å². The molecule has 3 heteroatoms. The number of nitrogens with zero attached hydrogens (tertiary/aromatic N) is 1. The Morgan fingerprint density at radius 3 is 2.46 bits per heavy atom. The number of anilines is 1. The maximum Gasteiger partial charge on any atom is 0.119 e. The molecule has 0 saturated heterocycles. The highest BCUT2D eigenvalue weighted by atomic mass is 35.5. The molecule has 1 aliphatic carbocycles. The summed E-state index contributed by atoms with van der Waals surface area (Å²) >= 11 is 6.52. The Kier molecular flexibility index (Phi) is 11.4. The van der Waals surface area contributed by atoms with Crippen molar-refractivity contribution in [3.05, 3.63) is 113 Å². The van der Waals surface area contributed by atoms with Gasteiger partial charge in [-0.2, -0.15) is 0 Å². The van der Waals surface area contributed by atoms with Crippen LogP contribution in [0.3, 0.4) is 0 Å². The summed E-state index contributed by atoms with van der Waals surface area (Å²) in [4.78, 5) is 2.74. The van der Waals surface area contributed by atoms with Crippen LogP contribution >= 0.6 is 11.6 Å². The standard InChI is InChI=1S/C43H56ClNO/c1-8-11-34-25-37(44)20-24-39(34)35-18-16-32-15-17-33(30(4)27-43(5,6)7)26-41(32)45(28-35)29-36-19-23-40(36)42(12-9-2)46-38-21-13-31(10-3)14-22-38/h9,13-15,17,20-22,24-26,35-36,40,42H,2,4,8,10-12,16,18-19,23,27-29H2,1,3,5-7H3. The van der Waals surface area contributed by atoms with Crippen LogP contribution in [-0.4, -0.2) is 19.2 Å². The zero-order valence-corrected chi connectivity index (χ0v) is 29.8. The van der Waals surface area contributed by atoms with Crippen LogP contribution in [0.25, 0.3) is 5.57 Å². The van der Waals surface area contributed by atoms with Gasteiger partial charge in [-0.3, -0.25) is 0 Å². The number of ether oxygens (including phenoxy) is 1. The molecule has 1 saturated carbocycles. The third kappa shape index (κ3) is 8.48. The molecule has 2 aliphatic rings. The normalized spacial score (nSPS) is 20.3. The molecule has 246 valence electrons. The molecule has 0 spiro atoms. The monoisotopic (exact) mass is 637 g/mol. The number of allylic oxidation sites excluding steroid dienone is 1. The fourth-order valence-corrected chi connectivity index (χ4v) is 7.94. The van der Waals surface area contributed by atoms with Crippen molar-refractivity contribution in [2.45, 2.75) is 104 Å². The van der Waals surface area contributed by atoms with E-state index in [2.05, 4.69) is 113 Å². The lowest BCUT2D eigenvalue weighted by Gasteiger charge is -2.44. The van der Waals surface area contributed by atoms with Crippen molar-refractivity contribution in [3.8, 4) is 5.75 Å². The first-order chi connectivity index (χ1) is 22.1. The molecule has 5 rings (SSSR count). The summed E-state index contributed by atoms with van der Waals surface area (Å²) in [6.45, 7) is 22.1. The average molecular weight is 638 g/mol. The largest absolute Gasteiger partial charge is 0.490 e. The van der Waals surface area contributed by atoms with E-state index in [1.165, 1.54) is 51.9 Å². The molecule has 0 N–H and O–H groups in total. The van der Waals surface area contributed by atoms with Crippen molar-refractivity contribution in [2.75, 3.05) is 18.0 Å². The molecule has 0 radical (unpaired) electrons. The second kappa shape index (κ2) is 15.3. The van der Waals surface area contributed by atoms with Crippen molar-refractivity contribution in [1.29, 1.82) is 0 Å².